The van der Waals surface area contributed by atoms with Gasteiger partial charge in [-0.15, -0.1) is 0 Å². The van der Waals surface area contributed by atoms with Gasteiger partial charge < -0.3 is 4.90 Å². The van der Waals surface area contributed by atoms with Gasteiger partial charge in [0.05, 0.1) is 15.8 Å². The van der Waals surface area contributed by atoms with E-state index in [9.17, 15) is 17.6 Å². The highest BCUT2D eigenvalue weighted by atomic mass is 79.9. The molecule has 2 aromatic rings. The molecule has 0 saturated carbocycles. The van der Waals surface area contributed by atoms with Crippen LogP contribution in [0.1, 0.15) is 5.56 Å². The Bertz CT molecular complexity index is 898. The molecule has 0 radical (unpaired) electrons. The summed E-state index contributed by atoms with van der Waals surface area (Å²) in [7, 11) is -3.53. The van der Waals surface area contributed by atoms with Crippen LogP contribution in [0.25, 0.3) is 0 Å². The van der Waals surface area contributed by atoms with E-state index in [1.807, 2.05) is 0 Å². The summed E-state index contributed by atoms with van der Waals surface area (Å²) in [5.74, 6) is -0.471. The molecule has 0 spiro atoms. The lowest BCUT2D eigenvalue weighted by atomic mass is 10.1. The molecule has 138 valence electrons. The van der Waals surface area contributed by atoms with Gasteiger partial charge in [0.1, 0.15) is 5.82 Å². The lowest BCUT2D eigenvalue weighted by Gasteiger charge is -2.34. The number of hydrogen-bond donors (Lipinski definition) is 0. The Morgan fingerprint density at radius 3 is 2.31 bits per heavy atom. The van der Waals surface area contributed by atoms with Crippen molar-refractivity contribution in [3.05, 3.63) is 64.4 Å². The quantitative estimate of drug-likeness (QED) is 0.733. The van der Waals surface area contributed by atoms with Crippen molar-refractivity contribution in [2.45, 2.75) is 11.3 Å². The number of hydrogen-bond acceptors (Lipinski definition) is 3. The molecule has 1 aliphatic heterocycles. The minimum Gasteiger partial charge on any atom is -0.340 e. The molecule has 8 heteroatoms. The zero-order valence-corrected chi connectivity index (χ0v) is 16.3. The molecular weight excluding hydrogens is 423 g/mol. The average molecular weight is 441 g/mol. The zero-order valence-electron chi connectivity index (χ0n) is 13.9. The molecule has 0 N–H and O–H groups in total. The van der Waals surface area contributed by atoms with Crippen molar-refractivity contribution in [3.8, 4) is 0 Å². The number of amides is 1. The van der Waals surface area contributed by atoms with E-state index in [0.29, 0.717) is 23.1 Å². The van der Waals surface area contributed by atoms with Crippen molar-refractivity contribution in [3.63, 3.8) is 0 Å². The standard InChI is InChI=1S/C18H18BrFN2O3S/c19-16-12-14(6-7-17(16)20)13-18(23)21-8-10-22(11-9-21)26(24,25)15-4-2-1-3-5-15/h1-7,12H,8-11,13H2. The van der Waals surface area contributed by atoms with Gasteiger partial charge >= 0.3 is 0 Å². The lowest BCUT2D eigenvalue weighted by molar-refractivity contribution is -0.131. The molecule has 1 saturated heterocycles. The molecule has 1 amide bonds. The van der Waals surface area contributed by atoms with E-state index in [4.69, 9.17) is 0 Å². The molecule has 2 aromatic carbocycles. The molecule has 0 aliphatic carbocycles. The first-order valence-corrected chi connectivity index (χ1v) is 10.4. The monoisotopic (exact) mass is 440 g/mol. The van der Waals surface area contributed by atoms with E-state index in [-0.39, 0.29) is 36.1 Å². The Labute approximate surface area is 160 Å². The van der Waals surface area contributed by atoms with Crippen LogP contribution in [0.15, 0.2) is 57.9 Å². The number of halogens is 2. The van der Waals surface area contributed by atoms with Crippen molar-refractivity contribution < 1.29 is 17.6 Å². The molecule has 26 heavy (non-hydrogen) atoms. The summed E-state index contributed by atoms with van der Waals surface area (Å²) in [6.45, 7) is 1.20. The smallest absolute Gasteiger partial charge is 0.243 e. The number of benzene rings is 2. The summed E-state index contributed by atoms with van der Waals surface area (Å²) in [5, 5.41) is 0. The Morgan fingerprint density at radius 1 is 1.04 bits per heavy atom. The highest BCUT2D eigenvalue weighted by molar-refractivity contribution is 9.10. The first kappa shape index (κ1) is 19.0. The maximum Gasteiger partial charge on any atom is 0.243 e. The molecule has 1 fully saturated rings. The average Bonchev–Trinajstić information content (AvgIpc) is 2.65. The van der Waals surface area contributed by atoms with Crippen LogP contribution in [0.2, 0.25) is 0 Å². The number of carbonyl (C=O) groups excluding carboxylic acids is 1. The first-order chi connectivity index (χ1) is 12.4. The largest absolute Gasteiger partial charge is 0.340 e. The van der Waals surface area contributed by atoms with E-state index in [2.05, 4.69) is 15.9 Å². The summed E-state index contributed by atoms with van der Waals surface area (Å²) in [4.78, 5) is 14.3. The normalized spacial score (nSPS) is 15.8. The predicted octanol–water partition coefficient (Wildman–Crippen LogP) is 2.66. The molecule has 1 heterocycles. The minimum absolute atomic E-state index is 0.0970. The third-order valence-corrected chi connectivity index (χ3v) is 6.83. The van der Waals surface area contributed by atoms with Crippen LogP contribution in [0, 0.1) is 5.82 Å². The number of rotatable bonds is 4. The maximum atomic E-state index is 13.3. The Hall–Kier alpha value is -1.77. The van der Waals surface area contributed by atoms with Gasteiger partial charge in [-0.25, -0.2) is 12.8 Å². The molecule has 1 aliphatic rings. The minimum atomic E-state index is -3.53. The van der Waals surface area contributed by atoms with Crippen LogP contribution in [-0.4, -0.2) is 49.7 Å². The van der Waals surface area contributed by atoms with Gasteiger partial charge in [-0.2, -0.15) is 4.31 Å². The number of nitrogens with zero attached hydrogens (tertiary/aromatic N) is 2. The van der Waals surface area contributed by atoms with E-state index in [1.165, 1.54) is 10.4 Å². The first-order valence-electron chi connectivity index (χ1n) is 8.15. The number of carbonyl (C=O) groups is 1. The molecule has 0 atom stereocenters. The molecule has 0 aromatic heterocycles. The Balaban J connectivity index is 1.61. The van der Waals surface area contributed by atoms with Crippen LogP contribution in [0.3, 0.4) is 0 Å². The third-order valence-electron chi connectivity index (χ3n) is 4.31. The summed E-state index contributed by atoms with van der Waals surface area (Å²) in [6.07, 6.45) is 0.157. The number of sulfonamides is 1. The van der Waals surface area contributed by atoms with Gasteiger partial charge in [0.2, 0.25) is 15.9 Å². The van der Waals surface area contributed by atoms with E-state index >= 15 is 0 Å². The van der Waals surface area contributed by atoms with E-state index in [1.54, 1.807) is 47.4 Å². The summed E-state index contributed by atoms with van der Waals surface area (Å²) < 4.78 is 40.2. The van der Waals surface area contributed by atoms with Gasteiger partial charge in [-0.05, 0) is 45.8 Å². The Morgan fingerprint density at radius 2 is 1.69 bits per heavy atom. The molecule has 3 rings (SSSR count). The Kier molecular flexibility index (Phi) is 5.74. The van der Waals surface area contributed by atoms with Crippen molar-refractivity contribution in [2.75, 3.05) is 26.2 Å². The zero-order chi connectivity index (χ0) is 18.7. The second kappa shape index (κ2) is 7.85. The lowest BCUT2D eigenvalue weighted by Crippen LogP contribution is -2.50. The third kappa shape index (κ3) is 4.13. The predicted molar refractivity (Wildman–Crippen MR) is 99.6 cm³/mol. The highest BCUT2D eigenvalue weighted by Crippen LogP contribution is 2.19. The van der Waals surface area contributed by atoms with Gasteiger partial charge in [0, 0.05) is 26.2 Å². The topological polar surface area (TPSA) is 57.7 Å². The molecular formula is C18H18BrFN2O3S. The van der Waals surface area contributed by atoms with Gasteiger partial charge in [-0.1, -0.05) is 24.3 Å². The van der Waals surface area contributed by atoms with Crippen molar-refractivity contribution in [2.24, 2.45) is 0 Å². The van der Waals surface area contributed by atoms with E-state index in [0.717, 1.165) is 0 Å². The molecule has 0 bridgehead atoms. The fraction of sp³-hybridized carbons (Fsp3) is 0.278. The van der Waals surface area contributed by atoms with Crippen LogP contribution < -0.4 is 0 Å². The highest BCUT2D eigenvalue weighted by Gasteiger charge is 2.29. The van der Waals surface area contributed by atoms with Crippen molar-refractivity contribution in [1.29, 1.82) is 0 Å². The summed E-state index contributed by atoms with van der Waals surface area (Å²) in [6, 6.07) is 12.8. The van der Waals surface area contributed by atoms with Crippen molar-refractivity contribution in [1.82, 2.24) is 9.21 Å². The molecule has 5 nitrogen and oxygen atoms in total. The second-order valence-electron chi connectivity index (χ2n) is 6.02. The van der Waals surface area contributed by atoms with Crippen molar-refractivity contribution >= 4 is 31.9 Å². The molecule has 0 unspecified atom stereocenters. The van der Waals surface area contributed by atoms with Gasteiger partial charge in [-0.3, -0.25) is 4.79 Å². The van der Waals surface area contributed by atoms with E-state index < -0.39 is 10.0 Å². The second-order valence-corrected chi connectivity index (χ2v) is 8.82. The fourth-order valence-electron chi connectivity index (χ4n) is 2.86. The van der Waals surface area contributed by atoms with Gasteiger partial charge in [0.25, 0.3) is 0 Å². The summed E-state index contributed by atoms with van der Waals surface area (Å²) >= 11 is 3.11. The van der Waals surface area contributed by atoms with Crippen LogP contribution in [-0.2, 0) is 21.2 Å². The van der Waals surface area contributed by atoms with Gasteiger partial charge in [0.15, 0.2) is 0 Å². The fourth-order valence-corrected chi connectivity index (χ4v) is 4.72. The maximum absolute atomic E-state index is 13.3. The van der Waals surface area contributed by atoms with Crippen LogP contribution in [0.4, 0.5) is 4.39 Å². The number of piperazine rings is 1. The summed E-state index contributed by atoms with van der Waals surface area (Å²) in [5.41, 5.74) is 0.711. The van der Waals surface area contributed by atoms with Crippen LogP contribution in [0.5, 0.6) is 0 Å². The SMILES string of the molecule is O=C(Cc1ccc(F)c(Br)c1)N1CCN(S(=O)(=O)c2ccccc2)CC1. The van der Waals surface area contributed by atoms with Crippen LogP contribution >= 0.6 is 15.9 Å².